The van der Waals surface area contributed by atoms with Gasteiger partial charge in [-0.1, -0.05) is 31.2 Å². The fourth-order valence-corrected chi connectivity index (χ4v) is 2.40. The zero-order chi connectivity index (χ0) is 13.2. The summed E-state index contributed by atoms with van der Waals surface area (Å²) in [6, 6.07) is 10.2. The molecule has 0 spiro atoms. The van der Waals surface area contributed by atoms with Crippen molar-refractivity contribution in [3.8, 4) is 5.75 Å². The molecule has 1 unspecified atom stereocenters. The maximum atomic E-state index is 5.26. The third-order valence-corrected chi connectivity index (χ3v) is 3.46. The molecule has 2 nitrogen and oxygen atoms in total. The van der Waals surface area contributed by atoms with Crippen molar-refractivity contribution in [2.75, 3.05) is 7.11 Å². The second-order valence-electron chi connectivity index (χ2n) is 4.99. The number of hydrogen-bond donors (Lipinski definition) is 0. The molecular weight excluding hydrogens is 234 g/mol. The second kappa shape index (κ2) is 4.88. The SMILES string of the molecule is COc1ccc2ccc(C3=CC(C)CC=C3)nc2c1. The van der Waals surface area contributed by atoms with Crippen LogP contribution in [0.3, 0.4) is 0 Å². The number of aromatic nitrogens is 1. The van der Waals surface area contributed by atoms with Gasteiger partial charge in [-0.15, -0.1) is 0 Å². The highest BCUT2D eigenvalue weighted by molar-refractivity contribution is 5.83. The predicted molar refractivity (Wildman–Crippen MR) is 79.2 cm³/mol. The van der Waals surface area contributed by atoms with Gasteiger partial charge in [-0.05, 0) is 36.1 Å². The largest absolute Gasteiger partial charge is 0.497 e. The summed E-state index contributed by atoms with van der Waals surface area (Å²) >= 11 is 0. The van der Waals surface area contributed by atoms with Gasteiger partial charge < -0.3 is 4.74 Å². The van der Waals surface area contributed by atoms with Crippen LogP contribution in [0.5, 0.6) is 5.75 Å². The molecule has 1 aromatic carbocycles. The molecule has 0 bridgehead atoms. The van der Waals surface area contributed by atoms with Crippen LogP contribution in [0, 0.1) is 5.92 Å². The molecule has 1 heterocycles. The van der Waals surface area contributed by atoms with Gasteiger partial charge in [-0.25, -0.2) is 4.98 Å². The van der Waals surface area contributed by atoms with Crippen molar-refractivity contribution in [3.63, 3.8) is 0 Å². The number of fused-ring (bicyclic) bond motifs is 1. The minimum Gasteiger partial charge on any atom is -0.497 e. The Kier molecular flexibility index (Phi) is 3.08. The molecule has 0 radical (unpaired) electrons. The number of benzene rings is 1. The molecule has 2 aromatic rings. The van der Waals surface area contributed by atoms with Crippen molar-refractivity contribution in [1.82, 2.24) is 4.98 Å². The van der Waals surface area contributed by atoms with E-state index in [2.05, 4.69) is 37.3 Å². The first-order valence-corrected chi connectivity index (χ1v) is 6.60. The molecule has 0 aliphatic heterocycles. The molecule has 19 heavy (non-hydrogen) atoms. The number of nitrogens with zero attached hydrogens (tertiary/aromatic N) is 1. The number of allylic oxidation sites excluding steroid dienone is 4. The van der Waals surface area contributed by atoms with E-state index in [1.807, 2.05) is 18.2 Å². The molecule has 1 aliphatic rings. The summed E-state index contributed by atoms with van der Waals surface area (Å²) in [5, 5.41) is 1.14. The lowest BCUT2D eigenvalue weighted by Crippen LogP contribution is -1.97. The normalized spacial score (nSPS) is 18.4. The lowest BCUT2D eigenvalue weighted by Gasteiger charge is -2.12. The summed E-state index contributed by atoms with van der Waals surface area (Å²) in [6.07, 6.45) is 7.78. The first-order valence-electron chi connectivity index (χ1n) is 6.60. The summed E-state index contributed by atoms with van der Waals surface area (Å²) in [7, 11) is 1.68. The highest BCUT2D eigenvalue weighted by Crippen LogP contribution is 2.26. The van der Waals surface area contributed by atoms with Crippen LogP contribution in [-0.2, 0) is 0 Å². The van der Waals surface area contributed by atoms with Crippen molar-refractivity contribution < 1.29 is 4.74 Å². The average molecular weight is 251 g/mol. The topological polar surface area (TPSA) is 22.1 Å². The molecule has 0 fully saturated rings. The van der Waals surface area contributed by atoms with Crippen LogP contribution >= 0.6 is 0 Å². The van der Waals surface area contributed by atoms with E-state index < -0.39 is 0 Å². The van der Waals surface area contributed by atoms with Crippen molar-refractivity contribution >= 4 is 16.5 Å². The van der Waals surface area contributed by atoms with Gasteiger partial charge in [0.2, 0.25) is 0 Å². The van der Waals surface area contributed by atoms with Gasteiger partial charge in [0.1, 0.15) is 5.75 Å². The van der Waals surface area contributed by atoms with Crippen LogP contribution in [0.2, 0.25) is 0 Å². The molecule has 3 rings (SSSR count). The van der Waals surface area contributed by atoms with E-state index in [4.69, 9.17) is 9.72 Å². The first-order chi connectivity index (χ1) is 9.26. The zero-order valence-corrected chi connectivity index (χ0v) is 11.3. The average Bonchev–Trinajstić information content (AvgIpc) is 2.46. The Hall–Kier alpha value is -2.09. The van der Waals surface area contributed by atoms with E-state index in [0.717, 1.165) is 28.8 Å². The molecular formula is C17H17NO. The van der Waals surface area contributed by atoms with E-state index in [9.17, 15) is 0 Å². The Bertz CT molecular complexity index is 670. The summed E-state index contributed by atoms with van der Waals surface area (Å²) in [5.41, 5.74) is 3.22. The van der Waals surface area contributed by atoms with Gasteiger partial charge in [0, 0.05) is 11.5 Å². The fourth-order valence-electron chi connectivity index (χ4n) is 2.40. The van der Waals surface area contributed by atoms with Crippen LogP contribution in [0.15, 0.2) is 48.6 Å². The Morgan fingerprint density at radius 3 is 2.84 bits per heavy atom. The molecule has 1 atom stereocenters. The summed E-state index contributed by atoms with van der Waals surface area (Å²) in [4.78, 5) is 4.74. The number of rotatable bonds is 2. The standard InChI is InChI=1S/C17H17NO/c1-12-4-3-5-14(10-12)16-9-7-13-6-8-15(19-2)11-17(13)18-16/h3,5-12H,4H2,1-2H3. The number of pyridine rings is 1. The lowest BCUT2D eigenvalue weighted by molar-refractivity contribution is 0.415. The molecule has 0 saturated carbocycles. The van der Waals surface area contributed by atoms with Gasteiger partial charge in [-0.3, -0.25) is 0 Å². The minimum atomic E-state index is 0.586. The van der Waals surface area contributed by atoms with Crippen LogP contribution in [0.4, 0.5) is 0 Å². The van der Waals surface area contributed by atoms with Crippen molar-refractivity contribution in [1.29, 1.82) is 0 Å². The maximum absolute atomic E-state index is 5.26. The summed E-state index contributed by atoms with van der Waals surface area (Å²) in [6.45, 7) is 2.23. The van der Waals surface area contributed by atoms with E-state index >= 15 is 0 Å². The summed E-state index contributed by atoms with van der Waals surface area (Å²) in [5.74, 6) is 1.43. The van der Waals surface area contributed by atoms with Crippen molar-refractivity contribution in [2.45, 2.75) is 13.3 Å². The number of methoxy groups -OCH3 is 1. The van der Waals surface area contributed by atoms with Crippen LogP contribution in [0.1, 0.15) is 19.0 Å². The Morgan fingerprint density at radius 1 is 1.21 bits per heavy atom. The van der Waals surface area contributed by atoms with Gasteiger partial charge in [0.15, 0.2) is 0 Å². The van der Waals surface area contributed by atoms with Gasteiger partial charge >= 0.3 is 0 Å². The maximum Gasteiger partial charge on any atom is 0.121 e. The smallest absolute Gasteiger partial charge is 0.121 e. The molecule has 0 saturated heterocycles. The number of hydrogen-bond acceptors (Lipinski definition) is 2. The monoisotopic (exact) mass is 251 g/mol. The molecule has 0 N–H and O–H groups in total. The molecule has 0 amide bonds. The Morgan fingerprint density at radius 2 is 2.05 bits per heavy atom. The predicted octanol–water partition coefficient (Wildman–Crippen LogP) is 4.22. The highest BCUT2D eigenvalue weighted by atomic mass is 16.5. The molecule has 1 aliphatic carbocycles. The van der Waals surface area contributed by atoms with E-state index in [1.54, 1.807) is 7.11 Å². The third kappa shape index (κ3) is 2.39. The molecule has 2 heteroatoms. The molecule has 1 aromatic heterocycles. The lowest BCUT2D eigenvalue weighted by atomic mass is 9.96. The fraction of sp³-hybridized carbons (Fsp3) is 0.235. The van der Waals surface area contributed by atoms with E-state index in [-0.39, 0.29) is 0 Å². The molecule has 96 valence electrons. The first kappa shape index (κ1) is 12.0. The van der Waals surface area contributed by atoms with Crippen molar-refractivity contribution in [3.05, 3.63) is 54.3 Å². The number of ether oxygens (including phenoxy) is 1. The zero-order valence-electron chi connectivity index (χ0n) is 11.3. The Balaban J connectivity index is 2.08. The van der Waals surface area contributed by atoms with Gasteiger partial charge in [-0.2, -0.15) is 0 Å². The van der Waals surface area contributed by atoms with Gasteiger partial charge in [0.25, 0.3) is 0 Å². The van der Waals surface area contributed by atoms with Gasteiger partial charge in [0.05, 0.1) is 18.3 Å². The highest BCUT2D eigenvalue weighted by Gasteiger charge is 2.08. The Labute approximate surface area is 113 Å². The van der Waals surface area contributed by atoms with Crippen LogP contribution in [-0.4, -0.2) is 12.1 Å². The van der Waals surface area contributed by atoms with Crippen molar-refractivity contribution in [2.24, 2.45) is 5.92 Å². The van der Waals surface area contributed by atoms with E-state index in [0.29, 0.717) is 5.92 Å². The van der Waals surface area contributed by atoms with Crippen LogP contribution in [0.25, 0.3) is 16.5 Å². The summed E-state index contributed by atoms with van der Waals surface area (Å²) < 4.78 is 5.26. The van der Waals surface area contributed by atoms with E-state index in [1.165, 1.54) is 5.57 Å². The third-order valence-electron chi connectivity index (χ3n) is 3.46. The quantitative estimate of drug-likeness (QED) is 0.797. The minimum absolute atomic E-state index is 0.586. The second-order valence-corrected chi connectivity index (χ2v) is 4.99. The van der Waals surface area contributed by atoms with Crippen LogP contribution < -0.4 is 4.74 Å².